The second-order valence-corrected chi connectivity index (χ2v) is 4.33. The monoisotopic (exact) mass is 269 g/mol. The molecule has 0 spiro atoms. The summed E-state index contributed by atoms with van der Waals surface area (Å²) in [5.74, 6) is -1.03. The zero-order valence-electron chi connectivity index (χ0n) is 9.93. The van der Waals surface area contributed by atoms with Crippen LogP contribution in [0.4, 0.5) is 5.69 Å². The first kappa shape index (κ1) is 13.8. The summed E-state index contributed by atoms with van der Waals surface area (Å²) in [5.41, 5.74) is 0.684. The molecule has 0 bridgehead atoms. The third kappa shape index (κ3) is 3.02. The van der Waals surface area contributed by atoms with E-state index in [9.17, 15) is 20.1 Å². The molecule has 1 aliphatic rings. The molecule has 4 atom stereocenters. The van der Waals surface area contributed by atoms with E-state index < -0.39 is 30.5 Å². The Morgan fingerprint density at radius 1 is 1.16 bits per heavy atom. The molecule has 104 valence electrons. The second-order valence-electron chi connectivity index (χ2n) is 4.33. The second kappa shape index (κ2) is 5.54. The van der Waals surface area contributed by atoms with E-state index in [0.29, 0.717) is 5.69 Å². The predicted octanol–water partition coefficient (Wildman–Crippen LogP) is -0.764. The summed E-state index contributed by atoms with van der Waals surface area (Å²) in [4.78, 5) is 10.7. The molecular weight excluding hydrogens is 254 g/mol. The fourth-order valence-corrected chi connectivity index (χ4v) is 1.81. The van der Waals surface area contributed by atoms with Crippen LogP contribution >= 0.6 is 0 Å². The lowest BCUT2D eigenvalue weighted by atomic mass is 10.0. The van der Waals surface area contributed by atoms with Crippen molar-refractivity contribution in [1.82, 2.24) is 0 Å². The number of nitrogens with one attached hydrogen (secondary N) is 1. The largest absolute Gasteiger partial charge is 0.478 e. The molecule has 0 unspecified atom stereocenters. The third-order valence-corrected chi connectivity index (χ3v) is 2.94. The molecule has 0 amide bonds. The number of anilines is 1. The van der Waals surface area contributed by atoms with Crippen LogP contribution in [0.5, 0.6) is 0 Å². The van der Waals surface area contributed by atoms with Gasteiger partial charge in [-0.2, -0.15) is 0 Å². The van der Waals surface area contributed by atoms with Crippen LogP contribution in [-0.2, 0) is 4.74 Å². The van der Waals surface area contributed by atoms with Gasteiger partial charge in [0.05, 0.1) is 12.2 Å². The molecule has 1 aromatic carbocycles. The molecule has 0 radical (unpaired) electrons. The van der Waals surface area contributed by atoms with Crippen molar-refractivity contribution in [3.05, 3.63) is 29.8 Å². The van der Waals surface area contributed by atoms with Crippen molar-refractivity contribution >= 4 is 11.7 Å². The molecule has 2 rings (SSSR count). The maximum Gasteiger partial charge on any atom is 0.335 e. The number of carboxylic acid groups (broad SMARTS) is 1. The first-order valence-electron chi connectivity index (χ1n) is 5.74. The van der Waals surface area contributed by atoms with Crippen LogP contribution in [0, 0.1) is 0 Å². The van der Waals surface area contributed by atoms with E-state index in [2.05, 4.69) is 5.32 Å². The summed E-state index contributed by atoms with van der Waals surface area (Å²) in [6.45, 7) is -0.0941. The van der Waals surface area contributed by atoms with Gasteiger partial charge in [-0.05, 0) is 24.3 Å². The van der Waals surface area contributed by atoms with E-state index in [0.717, 1.165) is 0 Å². The first-order chi connectivity index (χ1) is 8.99. The van der Waals surface area contributed by atoms with Crippen LogP contribution in [0.3, 0.4) is 0 Å². The van der Waals surface area contributed by atoms with Crippen molar-refractivity contribution in [2.75, 3.05) is 11.9 Å². The van der Waals surface area contributed by atoms with Gasteiger partial charge >= 0.3 is 5.97 Å². The fraction of sp³-hybridized carbons (Fsp3) is 0.417. The Morgan fingerprint density at radius 3 is 2.37 bits per heavy atom. The number of aliphatic hydroxyl groups excluding tert-OH is 3. The summed E-state index contributed by atoms with van der Waals surface area (Å²) in [5, 5.41) is 40.1. The van der Waals surface area contributed by atoms with E-state index in [1.165, 1.54) is 24.3 Å². The molecule has 19 heavy (non-hydrogen) atoms. The minimum atomic E-state index is -1.29. The van der Waals surface area contributed by atoms with Crippen LogP contribution in [0.2, 0.25) is 0 Å². The number of rotatable bonds is 3. The quantitative estimate of drug-likeness (QED) is 0.489. The Labute approximate surface area is 109 Å². The normalized spacial score (nSPS) is 30.9. The number of hydrogen-bond donors (Lipinski definition) is 5. The lowest BCUT2D eigenvalue weighted by molar-refractivity contribution is -0.178. The van der Waals surface area contributed by atoms with Crippen molar-refractivity contribution < 1.29 is 30.0 Å². The van der Waals surface area contributed by atoms with Crippen LogP contribution in [0.25, 0.3) is 0 Å². The van der Waals surface area contributed by atoms with Gasteiger partial charge in [0.15, 0.2) is 6.23 Å². The first-order valence-corrected chi connectivity index (χ1v) is 5.74. The summed E-state index contributed by atoms with van der Waals surface area (Å²) in [6.07, 6.45) is -4.55. The van der Waals surface area contributed by atoms with Crippen LogP contribution in [0.15, 0.2) is 24.3 Å². The summed E-state index contributed by atoms with van der Waals surface area (Å²) >= 11 is 0. The Balaban J connectivity index is 2.03. The molecule has 7 heteroatoms. The summed E-state index contributed by atoms with van der Waals surface area (Å²) in [6, 6.07) is 5.87. The highest BCUT2D eigenvalue weighted by molar-refractivity contribution is 5.87. The molecule has 1 saturated heterocycles. The van der Waals surface area contributed by atoms with E-state index in [1.54, 1.807) is 0 Å². The molecule has 1 aliphatic heterocycles. The Bertz CT molecular complexity index is 448. The number of carboxylic acids is 1. The Hall–Kier alpha value is -1.67. The van der Waals surface area contributed by atoms with E-state index >= 15 is 0 Å². The predicted molar refractivity (Wildman–Crippen MR) is 64.8 cm³/mol. The maximum atomic E-state index is 10.7. The topological polar surface area (TPSA) is 119 Å². The molecule has 0 aliphatic carbocycles. The van der Waals surface area contributed by atoms with Crippen LogP contribution in [0.1, 0.15) is 10.4 Å². The Kier molecular flexibility index (Phi) is 4.01. The van der Waals surface area contributed by atoms with Crippen molar-refractivity contribution in [2.45, 2.75) is 24.5 Å². The highest BCUT2D eigenvalue weighted by Gasteiger charge is 2.37. The van der Waals surface area contributed by atoms with Crippen molar-refractivity contribution in [2.24, 2.45) is 0 Å². The van der Waals surface area contributed by atoms with Gasteiger partial charge in [-0.15, -0.1) is 0 Å². The average molecular weight is 269 g/mol. The molecule has 1 fully saturated rings. The fourth-order valence-electron chi connectivity index (χ4n) is 1.81. The van der Waals surface area contributed by atoms with Gasteiger partial charge in [-0.3, -0.25) is 0 Å². The van der Waals surface area contributed by atoms with E-state index in [1.807, 2.05) is 0 Å². The lowest BCUT2D eigenvalue weighted by Gasteiger charge is -2.35. The summed E-state index contributed by atoms with van der Waals surface area (Å²) < 4.78 is 5.17. The van der Waals surface area contributed by atoms with Gasteiger partial charge in [-0.25, -0.2) is 4.79 Å². The van der Waals surface area contributed by atoms with Gasteiger partial charge in [0, 0.05) is 5.69 Å². The number of aliphatic hydroxyl groups is 3. The van der Waals surface area contributed by atoms with Gasteiger partial charge in [-0.1, -0.05) is 0 Å². The van der Waals surface area contributed by atoms with Gasteiger partial charge in [0.1, 0.15) is 18.3 Å². The molecular formula is C12H15NO6. The zero-order chi connectivity index (χ0) is 14.0. The van der Waals surface area contributed by atoms with Crippen molar-refractivity contribution in [3.8, 4) is 0 Å². The molecule has 0 saturated carbocycles. The Morgan fingerprint density at radius 2 is 1.79 bits per heavy atom. The number of aromatic carboxylic acids is 1. The van der Waals surface area contributed by atoms with E-state index in [4.69, 9.17) is 9.84 Å². The molecule has 7 nitrogen and oxygen atoms in total. The number of hydrogen-bond acceptors (Lipinski definition) is 6. The number of benzene rings is 1. The highest BCUT2D eigenvalue weighted by Crippen LogP contribution is 2.19. The smallest absolute Gasteiger partial charge is 0.335 e. The molecule has 1 heterocycles. The van der Waals surface area contributed by atoms with Crippen molar-refractivity contribution in [1.29, 1.82) is 0 Å². The van der Waals surface area contributed by atoms with Crippen LogP contribution < -0.4 is 5.32 Å². The molecule has 5 N–H and O–H groups in total. The van der Waals surface area contributed by atoms with Gasteiger partial charge in [0.2, 0.25) is 0 Å². The minimum Gasteiger partial charge on any atom is -0.478 e. The van der Waals surface area contributed by atoms with Gasteiger partial charge in [0.25, 0.3) is 0 Å². The zero-order valence-corrected chi connectivity index (χ0v) is 9.93. The maximum absolute atomic E-state index is 10.7. The number of carbonyl (C=O) groups is 1. The summed E-state index contributed by atoms with van der Waals surface area (Å²) in [7, 11) is 0. The van der Waals surface area contributed by atoms with Crippen molar-refractivity contribution in [3.63, 3.8) is 0 Å². The molecule has 0 aromatic heterocycles. The highest BCUT2D eigenvalue weighted by atomic mass is 16.5. The number of ether oxygens (including phenoxy) is 1. The van der Waals surface area contributed by atoms with Gasteiger partial charge < -0.3 is 30.5 Å². The van der Waals surface area contributed by atoms with E-state index in [-0.39, 0.29) is 12.2 Å². The van der Waals surface area contributed by atoms with Crippen LogP contribution in [-0.4, -0.2) is 57.5 Å². The lowest BCUT2D eigenvalue weighted by Crippen LogP contribution is -2.55. The standard InChI is InChI=1S/C12H15NO6/c14-8-5-19-11(10(16)9(8)15)13-7-3-1-6(2-4-7)12(17)18/h1-4,8-11,13-16H,5H2,(H,17,18)/t8-,9-,10-,11-/m1/s1. The third-order valence-electron chi connectivity index (χ3n) is 2.94. The minimum absolute atomic E-state index is 0.0941. The SMILES string of the molecule is O=C(O)c1ccc(N[C@@H]2OC[C@@H](O)[C@@H](O)[C@H]2O)cc1. The average Bonchev–Trinajstić information content (AvgIpc) is 2.40. The molecule has 1 aromatic rings.